The number of amides is 1. The number of ether oxygens (including phenoxy) is 2. The van der Waals surface area contributed by atoms with Crippen LogP contribution in [0, 0.1) is 0 Å². The molecule has 1 atom stereocenters. The fourth-order valence-electron chi connectivity index (χ4n) is 3.71. The lowest BCUT2D eigenvalue weighted by atomic mass is 10.0. The van der Waals surface area contributed by atoms with Crippen LogP contribution in [0.15, 0.2) is 42.5 Å². The van der Waals surface area contributed by atoms with E-state index in [1.54, 1.807) is 0 Å². The molecule has 0 aromatic heterocycles. The van der Waals surface area contributed by atoms with Crippen LogP contribution in [0.5, 0.6) is 11.5 Å². The number of hydrogen-bond acceptors (Lipinski definition) is 3. The third kappa shape index (κ3) is 2.86. The van der Waals surface area contributed by atoms with E-state index in [4.69, 9.17) is 9.47 Å². The van der Waals surface area contributed by atoms with Crippen LogP contribution < -0.4 is 14.4 Å². The van der Waals surface area contributed by atoms with Crippen molar-refractivity contribution < 1.29 is 14.3 Å². The summed E-state index contributed by atoms with van der Waals surface area (Å²) < 4.78 is 12.1. The van der Waals surface area contributed by atoms with E-state index in [1.165, 1.54) is 5.56 Å². The van der Waals surface area contributed by atoms with Gasteiger partial charge in [-0.3, -0.25) is 4.79 Å². The monoisotopic (exact) mass is 337 g/mol. The first kappa shape index (κ1) is 16.0. The number of para-hydroxylation sites is 2. The molecule has 0 N–H and O–H groups in total. The van der Waals surface area contributed by atoms with Gasteiger partial charge in [-0.15, -0.1) is 0 Å². The predicted molar refractivity (Wildman–Crippen MR) is 97.4 cm³/mol. The molecule has 25 heavy (non-hydrogen) atoms. The number of benzene rings is 2. The Balaban J connectivity index is 1.53. The molecule has 0 fully saturated rings. The molecule has 0 spiro atoms. The van der Waals surface area contributed by atoms with E-state index in [-0.39, 0.29) is 11.5 Å². The standard InChI is InChI=1S/C21H23NO3/c1-14(20(23)22-12-11-15-7-4-5-9-17(15)22)24-18-10-6-8-16-13-21(2,3)25-19(16)18/h4-10,14H,11-13H2,1-3H3/t14-/m0/s1. The van der Waals surface area contributed by atoms with Crippen molar-refractivity contribution in [3.05, 3.63) is 53.6 Å². The molecule has 4 nitrogen and oxygen atoms in total. The zero-order valence-corrected chi connectivity index (χ0v) is 14.9. The molecule has 0 saturated heterocycles. The van der Waals surface area contributed by atoms with Crippen molar-refractivity contribution in [2.24, 2.45) is 0 Å². The Morgan fingerprint density at radius 1 is 1.16 bits per heavy atom. The lowest BCUT2D eigenvalue weighted by Crippen LogP contribution is -2.39. The highest BCUT2D eigenvalue weighted by Gasteiger charge is 2.34. The molecule has 0 saturated carbocycles. The van der Waals surface area contributed by atoms with Crippen molar-refractivity contribution in [1.82, 2.24) is 0 Å². The normalized spacial score (nSPS) is 18.3. The van der Waals surface area contributed by atoms with Gasteiger partial charge in [-0.25, -0.2) is 0 Å². The largest absolute Gasteiger partial charge is 0.483 e. The maximum atomic E-state index is 12.9. The Bertz CT molecular complexity index is 828. The van der Waals surface area contributed by atoms with Gasteiger partial charge in [-0.2, -0.15) is 0 Å². The van der Waals surface area contributed by atoms with Crippen LogP contribution in [0.4, 0.5) is 5.69 Å². The molecule has 4 heteroatoms. The van der Waals surface area contributed by atoms with Crippen molar-refractivity contribution in [1.29, 1.82) is 0 Å². The van der Waals surface area contributed by atoms with Crippen LogP contribution >= 0.6 is 0 Å². The number of carbonyl (C=O) groups excluding carboxylic acids is 1. The van der Waals surface area contributed by atoms with E-state index in [1.807, 2.05) is 42.2 Å². The van der Waals surface area contributed by atoms with Crippen molar-refractivity contribution >= 4 is 11.6 Å². The Morgan fingerprint density at radius 2 is 1.92 bits per heavy atom. The predicted octanol–water partition coefficient (Wildman–Crippen LogP) is 3.76. The number of nitrogens with zero attached hydrogens (tertiary/aromatic N) is 1. The molecule has 2 heterocycles. The fourth-order valence-corrected chi connectivity index (χ4v) is 3.71. The Labute approximate surface area is 148 Å². The molecule has 2 aromatic carbocycles. The van der Waals surface area contributed by atoms with Crippen molar-refractivity contribution in [2.75, 3.05) is 11.4 Å². The zero-order valence-electron chi connectivity index (χ0n) is 14.9. The van der Waals surface area contributed by atoms with Crippen LogP contribution in [0.3, 0.4) is 0 Å². The average Bonchev–Trinajstić information content (AvgIpc) is 3.14. The van der Waals surface area contributed by atoms with Gasteiger partial charge in [0.25, 0.3) is 5.91 Å². The molecule has 0 bridgehead atoms. The van der Waals surface area contributed by atoms with Gasteiger partial charge >= 0.3 is 0 Å². The number of carbonyl (C=O) groups is 1. The molecule has 0 radical (unpaired) electrons. The van der Waals surface area contributed by atoms with Gasteiger partial charge in [0.15, 0.2) is 17.6 Å². The molecule has 1 amide bonds. The summed E-state index contributed by atoms with van der Waals surface area (Å²) in [7, 11) is 0. The fraction of sp³-hybridized carbons (Fsp3) is 0.381. The third-order valence-electron chi connectivity index (χ3n) is 4.86. The highest BCUT2D eigenvalue weighted by molar-refractivity contribution is 5.98. The van der Waals surface area contributed by atoms with Crippen LogP contribution in [-0.4, -0.2) is 24.2 Å². The van der Waals surface area contributed by atoms with E-state index in [9.17, 15) is 4.79 Å². The highest BCUT2D eigenvalue weighted by atomic mass is 16.5. The van der Waals surface area contributed by atoms with Crippen molar-refractivity contribution in [3.63, 3.8) is 0 Å². The van der Waals surface area contributed by atoms with Crippen LogP contribution in [0.1, 0.15) is 31.9 Å². The summed E-state index contributed by atoms with van der Waals surface area (Å²) in [5, 5.41) is 0. The summed E-state index contributed by atoms with van der Waals surface area (Å²) in [6.07, 6.45) is 1.18. The minimum absolute atomic E-state index is 0.0141. The zero-order chi connectivity index (χ0) is 17.6. The van der Waals surface area contributed by atoms with Gasteiger partial charge in [-0.05, 0) is 44.9 Å². The molecule has 0 unspecified atom stereocenters. The lowest BCUT2D eigenvalue weighted by Gasteiger charge is -2.23. The molecular formula is C21H23NO3. The summed E-state index contributed by atoms with van der Waals surface area (Å²) >= 11 is 0. The van der Waals surface area contributed by atoms with Crippen LogP contribution in [0.2, 0.25) is 0 Å². The minimum Gasteiger partial charge on any atom is -0.483 e. The second-order valence-electron chi connectivity index (χ2n) is 7.41. The van der Waals surface area contributed by atoms with Gasteiger partial charge in [0.05, 0.1) is 0 Å². The first-order valence-corrected chi connectivity index (χ1v) is 8.81. The number of anilines is 1. The maximum Gasteiger partial charge on any atom is 0.267 e. The average molecular weight is 337 g/mol. The molecule has 0 aliphatic carbocycles. The Hall–Kier alpha value is -2.49. The Morgan fingerprint density at radius 3 is 2.76 bits per heavy atom. The minimum atomic E-state index is -0.565. The summed E-state index contributed by atoms with van der Waals surface area (Å²) in [4.78, 5) is 14.7. The van der Waals surface area contributed by atoms with Gasteiger partial charge in [0, 0.05) is 24.2 Å². The number of hydrogen-bond donors (Lipinski definition) is 0. The van der Waals surface area contributed by atoms with E-state index < -0.39 is 6.10 Å². The summed E-state index contributed by atoms with van der Waals surface area (Å²) in [5.74, 6) is 1.41. The van der Waals surface area contributed by atoms with Gasteiger partial charge in [-0.1, -0.05) is 30.3 Å². The maximum absolute atomic E-state index is 12.9. The smallest absolute Gasteiger partial charge is 0.267 e. The number of fused-ring (bicyclic) bond motifs is 2. The quantitative estimate of drug-likeness (QED) is 0.856. The molecule has 2 aliphatic rings. The molecule has 4 rings (SSSR count). The topological polar surface area (TPSA) is 38.8 Å². The molecule has 2 aromatic rings. The highest BCUT2D eigenvalue weighted by Crippen LogP contribution is 2.42. The van der Waals surface area contributed by atoms with Crippen LogP contribution in [-0.2, 0) is 17.6 Å². The Kier molecular flexibility index (Phi) is 3.71. The SMILES string of the molecule is C[C@H](Oc1cccc2c1OC(C)(C)C2)C(=O)N1CCc2ccccc21. The van der Waals surface area contributed by atoms with Crippen LogP contribution in [0.25, 0.3) is 0 Å². The summed E-state index contributed by atoms with van der Waals surface area (Å²) in [6, 6.07) is 13.9. The second-order valence-corrected chi connectivity index (χ2v) is 7.41. The van der Waals surface area contributed by atoms with Gasteiger partial charge in [0.2, 0.25) is 0 Å². The van der Waals surface area contributed by atoms with E-state index in [2.05, 4.69) is 26.0 Å². The molecular weight excluding hydrogens is 314 g/mol. The first-order chi connectivity index (χ1) is 11.9. The summed E-state index contributed by atoms with van der Waals surface area (Å²) in [6.45, 7) is 6.64. The van der Waals surface area contributed by atoms with E-state index in [0.717, 1.165) is 29.8 Å². The van der Waals surface area contributed by atoms with E-state index in [0.29, 0.717) is 12.3 Å². The van der Waals surface area contributed by atoms with Crippen molar-refractivity contribution in [3.8, 4) is 11.5 Å². The first-order valence-electron chi connectivity index (χ1n) is 8.81. The van der Waals surface area contributed by atoms with Gasteiger partial charge in [0.1, 0.15) is 5.60 Å². The molecule has 130 valence electrons. The van der Waals surface area contributed by atoms with Gasteiger partial charge < -0.3 is 14.4 Å². The summed E-state index contributed by atoms with van der Waals surface area (Å²) in [5.41, 5.74) is 3.11. The lowest BCUT2D eigenvalue weighted by molar-refractivity contribution is -0.124. The molecule has 2 aliphatic heterocycles. The third-order valence-corrected chi connectivity index (χ3v) is 4.86. The van der Waals surface area contributed by atoms with Crippen molar-refractivity contribution in [2.45, 2.75) is 45.3 Å². The second kappa shape index (κ2) is 5.80. The van der Waals surface area contributed by atoms with E-state index >= 15 is 0 Å². The number of rotatable bonds is 3.